The lowest BCUT2D eigenvalue weighted by Gasteiger charge is -2.03. The molecule has 144 valence electrons. The molecule has 0 aliphatic carbocycles. The van der Waals surface area contributed by atoms with Crippen molar-refractivity contribution in [3.63, 3.8) is 0 Å². The summed E-state index contributed by atoms with van der Waals surface area (Å²) >= 11 is 1.62. The van der Waals surface area contributed by atoms with Crippen LogP contribution in [0.15, 0.2) is 59.8 Å². The van der Waals surface area contributed by atoms with Gasteiger partial charge in [0.1, 0.15) is 11.5 Å². The van der Waals surface area contributed by atoms with E-state index in [4.69, 9.17) is 0 Å². The van der Waals surface area contributed by atoms with Crippen LogP contribution in [0.5, 0.6) is 0 Å². The second-order valence-corrected chi connectivity index (χ2v) is 7.46. The zero-order valence-electron chi connectivity index (χ0n) is 15.3. The summed E-state index contributed by atoms with van der Waals surface area (Å²) in [6.45, 7) is 0. The van der Waals surface area contributed by atoms with Gasteiger partial charge in [-0.25, -0.2) is 19.3 Å². The number of thiophene rings is 1. The van der Waals surface area contributed by atoms with E-state index in [2.05, 4.69) is 40.5 Å². The van der Waals surface area contributed by atoms with Crippen molar-refractivity contribution >= 4 is 33.5 Å². The monoisotopic (exact) mass is 413 g/mol. The minimum atomic E-state index is -0.428. The van der Waals surface area contributed by atoms with Crippen LogP contribution in [0.4, 0.5) is 4.39 Å². The smallest absolute Gasteiger partial charge is 0.184 e. The van der Waals surface area contributed by atoms with Crippen LogP contribution in [0.1, 0.15) is 0 Å². The maximum Gasteiger partial charge on any atom is 0.184 e. The van der Waals surface area contributed by atoms with Crippen molar-refractivity contribution < 1.29 is 4.39 Å². The molecule has 0 bridgehead atoms. The summed E-state index contributed by atoms with van der Waals surface area (Å²) in [5, 5.41) is 11.4. The molecule has 2 N–H and O–H groups in total. The molecule has 0 atom stereocenters. The second kappa shape index (κ2) is 6.53. The fraction of sp³-hybridized carbons (Fsp3) is 0. The Hall–Kier alpha value is -3.98. The highest BCUT2D eigenvalue weighted by atomic mass is 32.1. The van der Waals surface area contributed by atoms with Gasteiger partial charge in [-0.3, -0.25) is 10.1 Å². The van der Waals surface area contributed by atoms with E-state index in [1.807, 2.05) is 17.5 Å². The van der Waals surface area contributed by atoms with E-state index < -0.39 is 5.82 Å². The molecule has 0 unspecified atom stereocenters. The lowest BCUT2D eigenvalue weighted by atomic mass is 10.1. The molecular weight excluding hydrogens is 401 g/mol. The Bertz CT molecular complexity index is 1500. The molecule has 0 amide bonds. The molecule has 0 saturated carbocycles. The van der Waals surface area contributed by atoms with E-state index in [1.54, 1.807) is 42.1 Å². The summed E-state index contributed by atoms with van der Waals surface area (Å²) in [5.41, 5.74) is 5.09. The summed E-state index contributed by atoms with van der Waals surface area (Å²) in [6, 6.07) is 7.51. The fourth-order valence-electron chi connectivity index (χ4n) is 3.53. The maximum atomic E-state index is 15.5. The van der Waals surface area contributed by atoms with Gasteiger partial charge in [-0.2, -0.15) is 16.4 Å². The number of H-pyrrole nitrogens is 2. The van der Waals surface area contributed by atoms with Gasteiger partial charge in [0.05, 0.1) is 10.9 Å². The van der Waals surface area contributed by atoms with Crippen LogP contribution in [-0.4, -0.2) is 35.1 Å². The molecule has 0 aliphatic rings. The first kappa shape index (κ1) is 16.9. The largest absolute Gasteiger partial charge is 0.335 e. The highest BCUT2D eigenvalue weighted by Gasteiger charge is 2.21. The van der Waals surface area contributed by atoms with E-state index in [1.165, 1.54) is 6.20 Å². The number of aromatic amines is 2. The van der Waals surface area contributed by atoms with E-state index in [0.717, 1.165) is 16.6 Å². The number of hydrogen-bond acceptors (Lipinski definition) is 6. The summed E-state index contributed by atoms with van der Waals surface area (Å²) in [6.07, 6.45) is 6.43. The van der Waals surface area contributed by atoms with E-state index in [-0.39, 0.29) is 11.0 Å². The van der Waals surface area contributed by atoms with Crippen molar-refractivity contribution in [2.45, 2.75) is 0 Å². The normalized spacial score (nSPS) is 11.5. The third-order valence-corrected chi connectivity index (χ3v) is 5.64. The van der Waals surface area contributed by atoms with Crippen LogP contribution in [-0.2, 0) is 0 Å². The lowest BCUT2D eigenvalue weighted by Crippen LogP contribution is -1.91. The summed E-state index contributed by atoms with van der Waals surface area (Å²) in [7, 11) is 0. The van der Waals surface area contributed by atoms with Crippen LogP contribution in [0.25, 0.3) is 56.0 Å². The number of pyridine rings is 3. The first-order valence-corrected chi connectivity index (χ1v) is 10.0. The van der Waals surface area contributed by atoms with Gasteiger partial charge in [-0.05, 0) is 34.5 Å². The van der Waals surface area contributed by atoms with Gasteiger partial charge in [0.15, 0.2) is 17.1 Å². The number of nitrogens with one attached hydrogen (secondary N) is 2. The molecule has 9 heteroatoms. The zero-order valence-corrected chi connectivity index (χ0v) is 16.1. The Balaban J connectivity index is 1.57. The second-order valence-electron chi connectivity index (χ2n) is 6.68. The van der Waals surface area contributed by atoms with Gasteiger partial charge in [-0.15, -0.1) is 0 Å². The zero-order chi connectivity index (χ0) is 20.1. The number of aromatic nitrogens is 7. The number of rotatable bonds is 3. The van der Waals surface area contributed by atoms with Crippen molar-refractivity contribution in [1.29, 1.82) is 0 Å². The number of halogens is 1. The molecule has 0 aliphatic heterocycles. The topological polar surface area (TPSA) is 96.0 Å². The van der Waals surface area contributed by atoms with Crippen LogP contribution in [0.3, 0.4) is 0 Å². The molecule has 30 heavy (non-hydrogen) atoms. The average molecular weight is 413 g/mol. The Morgan fingerprint density at radius 3 is 2.73 bits per heavy atom. The van der Waals surface area contributed by atoms with Crippen LogP contribution < -0.4 is 0 Å². The van der Waals surface area contributed by atoms with Crippen LogP contribution >= 0.6 is 11.3 Å². The number of imidazole rings is 1. The van der Waals surface area contributed by atoms with E-state index in [9.17, 15) is 0 Å². The first-order valence-electron chi connectivity index (χ1n) is 9.10. The summed E-state index contributed by atoms with van der Waals surface area (Å²) < 4.78 is 15.5. The number of nitrogens with zero attached hydrogens (tertiary/aromatic N) is 5. The van der Waals surface area contributed by atoms with Crippen LogP contribution in [0, 0.1) is 5.82 Å². The molecule has 7 nitrogen and oxygen atoms in total. The average Bonchev–Trinajstić information content (AvgIpc) is 3.53. The Kier molecular flexibility index (Phi) is 3.68. The standard InChI is InChI=1S/C21H12FN7S/c22-16-14(11-2-1-5-23-8-11)9-25-19-15(16)18(28-29-19)21-26-17-13(12-4-7-30-10-12)3-6-24-20(17)27-21/h1-10H,(H,24,26,27)(H,25,28,29). The minimum absolute atomic E-state index is 0.271. The SMILES string of the molecule is Fc1c(-c2cccnc2)cnc2n[nH]c(-c3nc4nccc(-c5ccsc5)c4[nH]3)c12. The lowest BCUT2D eigenvalue weighted by molar-refractivity contribution is 0.642. The third-order valence-electron chi connectivity index (χ3n) is 4.95. The molecule has 6 heterocycles. The van der Waals surface area contributed by atoms with Gasteiger partial charge in [0.25, 0.3) is 0 Å². The molecule has 6 rings (SSSR count). The number of hydrogen-bond donors (Lipinski definition) is 2. The Morgan fingerprint density at radius 2 is 1.90 bits per heavy atom. The van der Waals surface area contributed by atoms with Crippen LogP contribution in [0.2, 0.25) is 0 Å². The Morgan fingerprint density at radius 1 is 0.933 bits per heavy atom. The summed E-state index contributed by atoms with van der Waals surface area (Å²) in [5.74, 6) is 0.0231. The highest BCUT2D eigenvalue weighted by Crippen LogP contribution is 2.34. The molecular formula is C21H12FN7S. The van der Waals surface area contributed by atoms with E-state index >= 15 is 4.39 Å². The molecule has 6 aromatic heterocycles. The molecule has 0 spiro atoms. The molecule has 0 radical (unpaired) electrons. The molecule has 0 fully saturated rings. The molecule has 0 aromatic carbocycles. The van der Waals surface area contributed by atoms with Crippen molar-refractivity contribution in [3.8, 4) is 33.8 Å². The third kappa shape index (κ3) is 2.52. The van der Waals surface area contributed by atoms with Crippen molar-refractivity contribution in [3.05, 3.63) is 65.6 Å². The van der Waals surface area contributed by atoms with Gasteiger partial charge in [0.2, 0.25) is 0 Å². The van der Waals surface area contributed by atoms with Crippen molar-refractivity contribution in [2.24, 2.45) is 0 Å². The van der Waals surface area contributed by atoms with Gasteiger partial charge in [-0.1, -0.05) is 6.07 Å². The Labute approximate surface area is 172 Å². The van der Waals surface area contributed by atoms with Gasteiger partial charge in [0, 0.05) is 41.5 Å². The van der Waals surface area contributed by atoms with Crippen molar-refractivity contribution in [2.75, 3.05) is 0 Å². The first-order chi connectivity index (χ1) is 14.8. The summed E-state index contributed by atoms with van der Waals surface area (Å²) in [4.78, 5) is 20.6. The quantitative estimate of drug-likeness (QED) is 0.433. The molecule has 6 aromatic rings. The predicted molar refractivity (Wildman–Crippen MR) is 113 cm³/mol. The minimum Gasteiger partial charge on any atom is -0.335 e. The van der Waals surface area contributed by atoms with Crippen molar-refractivity contribution in [1.82, 2.24) is 35.1 Å². The number of fused-ring (bicyclic) bond motifs is 2. The molecule has 0 saturated heterocycles. The predicted octanol–water partition coefficient (Wildman–Crippen LogP) is 4.83. The van der Waals surface area contributed by atoms with Gasteiger partial charge < -0.3 is 4.98 Å². The highest BCUT2D eigenvalue weighted by molar-refractivity contribution is 7.08. The van der Waals surface area contributed by atoms with E-state index in [0.29, 0.717) is 28.3 Å². The van der Waals surface area contributed by atoms with Gasteiger partial charge >= 0.3 is 0 Å². The fourth-order valence-corrected chi connectivity index (χ4v) is 4.19. The maximum absolute atomic E-state index is 15.5.